The summed E-state index contributed by atoms with van der Waals surface area (Å²) in [5.41, 5.74) is 2.52. The van der Waals surface area contributed by atoms with E-state index in [1.807, 2.05) is 47.4 Å². The van der Waals surface area contributed by atoms with E-state index in [4.69, 9.17) is 9.47 Å². The Hall–Kier alpha value is -3.02. The Bertz CT molecular complexity index is 880. The molecule has 6 nitrogen and oxygen atoms in total. The molecule has 0 fully saturated rings. The second-order valence-electron chi connectivity index (χ2n) is 6.80. The molecule has 0 saturated carbocycles. The molecule has 2 aromatic rings. The number of rotatable bonds is 2. The van der Waals surface area contributed by atoms with E-state index in [9.17, 15) is 9.59 Å². The van der Waals surface area contributed by atoms with Crippen molar-refractivity contribution < 1.29 is 19.1 Å². The number of amides is 2. The monoisotopic (exact) mass is 366 g/mol. The number of ether oxygens (including phenoxy) is 2. The first kappa shape index (κ1) is 17.4. The zero-order chi connectivity index (χ0) is 18.8. The first-order chi connectivity index (χ1) is 13.2. The third-order valence-corrected chi connectivity index (χ3v) is 5.07. The molecule has 6 heteroatoms. The van der Waals surface area contributed by atoms with Gasteiger partial charge in [-0.1, -0.05) is 30.3 Å². The van der Waals surface area contributed by atoms with Crippen LogP contribution in [0.15, 0.2) is 42.5 Å². The minimum Gasteiger partial charge on any atom is -0.493 e. The van der Waals surface area contributed by atoms with Crippen LogP contribution in [0.4, 0.5) is 5.69 Å². The third kappa shape index (κ3) is 3.35. The number of carbonyl (C=O) groups excluding carboxylic acids is 2. The van der Waals surface area contributed by atoms with E-state index in [-0.39, 0.29) is 18.2 Å². The lowest BCUT2D eigenvalue weighted by Gasteiger charge is -2.32. The summed E-state index contributed by atoms with van der Waals surface area (Å²) >= 11 is 0. The number of nitrogens with one attached hydrogen (secondary N) is 1. The van der Waals surface area contributed by atoms with Crippen LogP contribution in [0.1, 0.15) is 29.9 Å². The van der Waals surface area contributed by atoms with Crippen LogP contribution >= 0.6 is 0 Å². The molecule has 4 rings (SSSR count). The van der Waals surface area contributed by atoms with Gasteiger partial charge in [-0.2, -0.15) is 0 Å². The van der Waals surface area contributed by atoms with Crippen LogP contribution in [0.3, 0.4) is 0 Å². The minimum atomic E-state index is -0.454. The van der Waals surface area contributed by atoms with Gasteiger partial charge in [0.05, 0.1) is 19.6 Å². The van der Waals surface area contributed by atoms with Crippen LogP contribution in [0.5, 0.6) is 11.5 Å². The minimum absolute atomic E-state index is 0.0204. The molecule has 0 bridgehead atoms. The lowest BCUT2D eigenvalue weighted by Crippen LogP contribution is -2.39. The van der Waals surface area contributed by atoms with Gasteiger partial charge in [0.15, 0.2) is 11.5 Å². The molecule has 2 aromatic carbocycles. The number of hydrogen-bond donors (Lipinski definition) is 1. The van der Waals surface area contributed by atoms with Crippen molar-refractivity contribution in [3.05, 3.63) is 53.6 Å². The van der Waals surface area contributed by atoms with E-state index in [0.29, 0.717) is 31.2 Å². The molecule has 1 unspecified atom stereocenters. The predicted molar refractivity (Wildman–Crippen MR) is 101 cm³/mol. The summed E-state index contributed by atoms with van der Waals surface area (Å²) in [4.78, 5) is 27.3. The molecular weight excluding hydrogens is 344 g/mol. The fourth-order valence-electron chi connectivity index (χ4n) is 3.76. The highest BCUT2D eigenvalue weighted by Crippen LogP contribution is 2.36. The Morgan fingerprint density at radius 2 is 2.07 bits per heavy atom. The average Bonchev–Trinajstić information content (AvgIpc) is 2.67. The molecule has 2 aliphatic rings. The highest BCUT2D eigenvalue weighted by molar-refractivity contribution is 6.01. The smallest absolute Gasteiger partial charge is 0.231 e. The van der Waals surface area contributed by atoms with E-state index in [0.717, 1.165) is 23.2 Å². The summed E-state index contributed by atoms with van der Waals surface area (Å²) < 4.78 is 11.3. The Labute approximate surface area is 158 Å². The normalized spacial score (nSPS) is 18.9. The van der Waals surface area contributed by atoms with Crippen molar-refractivity contribution in [2.24, 2.45) is 0 Å². The zero-order valence-electron chi connectivity index (χ0n) is 15.2. The van der Waals surface area contributed by atoms with E-state index in [2.05, 4.69) is 5.32 Å². The van der Waals surface area contributed by atoms with Crippen molar-refractivity contribution in [3.8, 4) is 11.5 Å². The van der Waals surface area contributed by atoms with Gasteiger partial charge < -0.3 is 19.7 Å². The summed E-state index contributed by atoms with van der Waals surface area (Å²) in [6, 6.07) is 13.2. The third-order valence-electron chi connectivity index (χ3n) is 5.07. The Morgan fingerprint density at radius 1 is 1.22 bits per heavy atom. The second-order valence-corrected chi connectivity index (χ2v) is 6.80. The first-order valence-electron chi connectivity index (χ1n) is 9.13. The molecule has 140 valence electrons. The maximum atomic E-state index is 13.4. The van der Waals surface area contributed by atoms with Crippen molar-refractivity contribution in [3.63, 3.8) is 0 Å². The maximum Gasteiger partial charge on any atom is 0.231 e. The van der Waals surface area contributed by atoms with E-state index in [1.54, 1.807) is 7.11 Å². The van der Waals surface area contributed by atoms with Gasteiger partial charge in [-0.15, -0.1) is 0 Å². The number of carbonyl (C=O) groups is 2. The summed E-state index contributed by atoms with van der Waals surface area (Å²) in [6.07, 6.45) is 0.900. The lowest BCUT2D eigenvalue weighted by molar-refractivity contribution is -0.135. The molecule has 0 saturated heterocycles. The van der Waals surface area contributed by atoms with Crippen molar-refractivity contribution in [2.75, 3.05) is 25.6 Å². The summed E-state index contributed by atoms with van der Waals surface area (Å²) in [7, 11) is 1.61. The van der Waals surface area contributed by atoms with E-state index < -0.39 is 5.92 Å². The summed E-state index contributed by atoms with van der Waals surface area (Å²) in [5.74, 6) is 0.769. The van der Waals surface area contributed by atoms with Gasteiger partial charge in [-0.3, -0.25) is 9.59 Å². The molecule has 2 heterocycles. The topological polar surface area (TPSA) is 67.9 Å². The van der Waals surface area contributed by atoms with Gasteiger partial charge in [0.2, 0.25) is 11.8 Å². The van der Waals surface area contributed by atoms with E-state index in [1.165, 1.54) is 0 Å². The standard InChI is InChI=1S/C21H22N2O4/c1-26-18-9-4-6-14-13-23(10-5-11-27-20(14)18)21(25)16-12-19(24)22-17-8-3-2-7-15(16)17/h2-4,6-9,16H,5,10-13H2,1H3,(H,22,24). The highest BCUT2D eigenvalue weighted by atomic mass is 16.5. The number of hydrogen-bond acceptors (Lipinski definition) is 4. The SMILES string of the molecule is COc1cccc2c1OCCCN(C(=O)C1CC(=O)Nc3ccccc31)C2. The number of nitrogens with zero attached hydrogens (tertiary/aromatic N) is 1. The number of benzene rings is 2. The van der Waals surface area contributed by atoms with Gasteiger partial charge in [0, 0.05) is 30.8 Å². The fraction of sp³-hybridized carbons (Fsp3) is 0.333. The lowest BCUT2D eigenvalue weighted by atomic mass is 9.89. The first-order valence-corrected chi connectivity index (χ1v) is 9.13. The molecule has 27 heavy (non-hydrogen) atoms. The van der Waals surface area contributed by atoms with Crippen molar-refractivity contribution in [2.45, 2.75) is 25.3 Å². The quantitative estimate of drug-likeness (QED) is 0.887. The van der Waals surface area contributed by atoms with E-state index >= 15 is 0 Å². The summed E-state index contributed by atoms with van der Waals surface area (Å²) in [6.45, 7) is 1.54. The average molecular weight is 366 g/mol. The van der Waals surface area contributed by atoms with Gasteiger partial charge >= 0.3 is 0 Å². The van der Waals surface area contributed by atoms with Crippen LogP contribution in [0, 0.1) is 0 Å². The Kier molecular flexibility index (Phi) is 4.71. The maximum absolute atomic E-state index is 13.4. The van der Waals surface area contributed by atoms with Gasteiger partial charge in [0.1, 0.15) is 0 Å². The molecular formula is C21H22N2O4. The fourth-order valence-corrected chi connectivity index (χ4v) is 3.76. The molecule has 0 radical (unpaired) electrons. The largest absolute Gasteiger partial charge is 0.493 e. The van der Waals surface area contributed by atoms with Gasteiger partial charge in [-0.25, -0.2) is 0 Å². The van der Waals surface area contributed by atoms with Crippen LogP contribution in [0.25, 0.3) is 0 Å². The predicted octanol–water partition coefficient (Wildman–Crippen LogP) is 2.93. The molecule has 1 atom stereocenters. The van der Waals surface area contributed by atoms with Crippen molar-refractivity contribution in [1.29, 1.82) is 0 Å². The molecule has 1 N–H and O–H groups in total. The molecule has 0 spiro atoms. The van der Waals surface area contributed by atoms with Crippen LogP contribution < -0.4 is 14.8 Å². The number of para-hydroxylation sites is 2. The highest BCUT2D eigenvalue weighted by Gasteiger charge is 2.34. The van der Waals surface area contributed by atoms with Crippen LogP contribution in [-0.4, -0.2) is 37.0 Å². The van der Waals surface area contributed by atoms with Gasteiger partial charge in [0.25, 0.3) is 0 Å². The van der Waals surface area contributed by atoms with Crippen molar-refractivity contribution in [1.82, 2.24) is 4.90 Å². The molecule has 0 aliphatic carbocycles. The Morgan fingerprint density at radius 3 is 2.93 bits per heavy atom. The number of fused-ring (bicyclic) bond motifs is 2. The molecule has 2 aliphatic heterocycles. The second kappa shape index (κ2) is 7.31. The summed E-state index contributed by atoms with van der Waals surface area (Å²) in [5, 5.41) is 2.85. The van der Waals surface area contributed by atoms with Crippen molar-refractivity contribution >= 4 is 17.5 Å². The molecule has 0 aromatic heterocycles. The zero-order valence-corrected chi connectivity index (χ0v) is 15.2. The number of anilines is 1. The van der Waals surface area contributed by atoms with Crippen LogP contribution in [0.2, 0.25) is 0 Å². The van der Waals surface area contributed by atoms with Crippen LogP contribution in [-0.2, 0) is 16.1 Å². The molecule has 2 amide bonds. The van der Waals surface area contributed by atoms with Gasteiger partial charge in [-0.05, 0) is 24.1 Å². The number of methoxy groups -OCH3 is 1. The Balaban J connectivity index is 1.65.